The van der Waals surface area contributed by atoms with Crippen LogP contribution in [0.1, 0.15) is 17.4 Å². The van der Waals surface area contributed by atoms with E-state index in [1.807, 2.05) is 30.3 Å². The van der Waals surface area contributed by atoms with Crippen molar-refractivity contribution in [2.75, 3.05) is 19.6 Å². The van der Waals surface area contributed by atoms with E-state index in [-0.39, 0.29) is 13.1 Å². The molecule has 0 aliphatic heterocycles. The number of aliphatic hydroxyl groups is 1. The number of carboxylic acid groups (broad SMARTS) is 1. The maximum Gasteiger partial charge on any atom is 0.322 e. The summed E-state index contributed by atoms with van der Waals surface area (Å²) in [4.78, 5) is 24.2. The van der Waals surface area contributed by atoms with Crippen LogP contribution in [0.4, 0.5) is 0 Å². The lowest BCUT2D eigenvalue weighted by molar-refractivity contribution is -0.138. The highest BCUT2D eigenvalue weighted by atomic mass is 16.4. The van der Waals surface area contributed by atoms with Gasteiger partial charge in [0, 0.05) is 13.1 Å². The molecular weight excluding hydrogens is 312 g/mol. The Bertz CT molecular complexity index is 642. The Balaban J connectivity index is 2.00. The van der Waals surface area contributed by atoms with Gasteiger partial charge in [-0.2, -0.15) is 0 Å². The van der Waals surface area contributed by atoms with Gasteiger partial charge >= 0.3 is 5.97 Å². The summed E-state index contributed by atoms with van der Waals surface area (Å²) in [5, 5.41) is 21.2. The molecule has 0 fully saturated rings. The fourth-order valence-electron chi connectivity index (χ4n) is 2.28. The van der Waals surface area contributed by atoms with Crippen LogP contribution in [0.3, 0.4) is 0 Å². The molecule has 0 spiro atoms. The van der Waals surface area contributed by atoms with Gasteiger partial charge < -0.3 is 19.9 Å². The third-order valence-electron chi connectivity index (χ3n) is 3.36. The number of carboxylic acids is 1. The number of carbonyl (C=O) groups is 2. The molecule has 7 heteroatoms. The zero-order chi connectivity index (χ0) is 17.4. The number of nitrogens with zero attached hydrogens (tertiary/aromatic N) is 1. The normalized spacial score (nSPS) is 12.1. The van der Waals surface area contributed by atoms with Crippen LogP contribution in [-0.4, -0.2) is 46.6 Å². The summed E-state index contributed by atoms with van der Waals surface area (Å²) < 4.78 is 5.18. The molecule has 1 aromatic heterocycles. The smallest absolute Gasteiger partial charge is 0.322 e. The van der Waals surface area contributed by atoms with Gasteiger partial charge in [0.1, 0.15) is 18.4 Å². The first-order valence-electron chi connectivity index (χ1n) is 7.51. The van der Waals surface area contributed by atoms with E-state index in [4.69, 9.17) is 9.52 Å². The molecule has 0 bridgehead atoms. The first-order valence-corrected chi connectivity index (χ1v) is 7.51. The molecule has 0 aliphatic rings. The van der Waals surface area contributed by atoms with Gasteiger partial charge in [-0.25, -0.2) is 0 Å². The highest BCUT2D eigenvalue weighted by Gasteiger charge is 2.18. The molecule has 1 amide bonds. The van der Waals surface area contributed by atoms with Crippen molar-refractivity contribution in [2.24, 2.45) is 0 Å². The van der Waals surface area contributed by atoms with Crippen molar-refractivity contribution in [3.05, 3.63) is 60.1 Å². The Morgan fingerprint density at radius 2 is 1.92 bits per heavy atom. The first-order chi connectivity index (χ1) is 11.5. The molecule has 1 heterocycles. The van der Waals surface area contributed by atoms with Crippen LogP contribution < -0.4 is 5.32 Å². The van der Waals surface area contributed by atoms with E-state index >= 15 is 0 Å². The SMILES string of the molecule is O=C(O)CNC(=O)CN(Cc1ccccc1)CC(O)c1ccco1. The van der Waals surface area contributed by atoms with Crippen LogP contribution in [0.5, 0.6) is 0 Å². The van der Waals surface area contributed by atoms with E-state index in [1.165, 1.54) is 6.26 Å². The Hall–Kier alpha value is -2.64. The molecule has 0 aliphatic carbocycles. The average Bonchev–Trinajstić information content (AvgIpc) is 3.08. The lowest BCUT2D eigenvalue weighted by atomic mass is 10.2. The number of aliphatic carboxylic acids is 1. The topological polar surface area (TPSA) is 103 Å². The lowest BCUT2D eigenvalue weighted by Crippen LogP contribution is -2.40. The van der Waals surface area contributed by atoms with E-state index < -0.39 is 24.5 Å². The summed E-state index contributed by atoms with van der Waals surface area (Å²) in [6.07, 6.45) is 0.593. The van der Waals surface area contributed by atoms with E-state index in [0.717, 1.165) is 5.56 Å². The van der Waals surface area contributed by atoms with Crippen LogP contribution in [0, 0.1) is 0 Å². The first kappa shape index (κ1) is 17.7. The summed E-state index contributed by atoms with van der Waals surface area (Å²) in [6, 6.07) is 12.9. The molecule has 3 N–H and O–H groups in total. The molecule has 24 heavy (non-hydrogen) atoms. The largest absolute Gasteiger partial charge is 0.480 e. The Morgan fingerprint density at radius 1 is 1.17 bits per heavy atom. The monoisotopic (exact) mass is 332 g/mol. The minimum atomic E-state index is -1.10. The maximum atomic E-state index is 11.9. The summed E-state index contributed by atoms with van der Waals surface area (Å²) in [7, 11) is 0. The standard InChI is InChI=1S/C17H20N2O5/c20-14(15-7-4-8-24-15)11-19(10-13-5-2-1-3-6-13)12-16(21)18-9-17(22)23/h1-8,14,20H,9-12H2,(H,18,21)(H,22,23). The summed E-state index contributed by atoms with van der Waals surface area (Å²) in [6.45, 7) is 0.167. The van der Waals surface area contributed by atoms with Gasteiger partial charge in [-0.05, 0) is 17.7 Å². The van der Waals surface area contributed by atoms with Crippen LogP contribution in [0.25, 0.3) is 0 Å². The molecule has 1 unspecified atom stereocenters. The van der Waals surface area contributed by atoms with Gasteiger partial charge in [-0.1, -0.05) is 30.3 Å². The molecule has 2 aromatic rings. The van der Waals surface area contributed by atoms with Crippen molar-refractivity contribution in [3.8, 4) is 0 Å². The number of carbonyl (C=O) groups excluding carboxylic acids is 1. The van der Waals surface area contributed by atoms with Gasteiger partial charge in [0.25, 0.3) is 0 Å². The minimum absolute atomic E-state index is 0.0278. The number of furan rings is 1. The Kier molecular flexibility index (Phi) is 6.53. The van der Waals surface area contributed by atoms with Gasteiger partial charge in [0.15, 0.2) is 0 Å². The van der Waals surface area contributed by atoms with Crippen molar-refractivity contribution >= 4 is 11.9 Å². The molecule has 0 radical (unpaired) electrons. The average molecular weight is 332 g/mol. The van der Waals surface area contributed by atoms with E-state index in [2.05, 4.69) is 5.32 Å². The van der Waals surface area contributed by atoms with E-state index in [1.54, 1.807) is 17.0 Å². The fourth-order valence-corrected chi connectivity index (χ4v) is 2.28. The molecule has 7 nitrogen and oxygen atoms in total. The third kappa shape index (κ3) is 5.86. The number of hydrogen-bond acceptors (Lipinski definition) is 5. The van der Waals surface area contributed by atoms with Crippen molar-refractivity contribution in [1.29, 1.82) is 0 Å². The van der Waals surface area contributed by atoms with Gasteiger partial charge in [-0.15, -0.1) is 0 Å². The second-order valence-corrected chi connectivity index (χ2v) is 5.36. The number of nitrogens with one attached hydrogen (secondary N) is 1. The highest BCUT2D eigenvalue weighted by Crippen LogP contribution is 2.16. The van der Waals surface area contributed by atoms with Gasteiger partial charge in [0.2, 0.25) is 5.91 Å². The summed E-state index contributed by atoms with van der Waals surface area (Å²) >= 11 is 0. The molecule has 128 valence electrons. The third-order valence-corrected chi connectivity index (χ3v) is 3.36. The summed E-state index contributed by atoms with van der Waals surface area (Å²) in [5.74, 6) is -1.10. The van der Waals surface area contributed by atoms with Crippen LogP contribution in [0.2, 0.25) is 0 Å². The number of aliphatic hydroxyl groups excluding tert-OH is 1. The highest BCUT2D eigenvalue weighted by molar-refractivity contribution is 5.82. The Labute approximate surface area is 139 Å². The lowest BCUT2D eigenvalue weighted by Gasteiger charge is -2.23. The van der Waals surface area contributed by atoms with Crippen LogP contribution >= 0.6 is 0 Å². The predicted octanol–water partition coefficient (Wildman–Crippen LogP) is 1.02. The van der Waals surface area contributed by atoms with Crippen molar-refractivity contribution in [3.63, 3.8) is 0 Å². The number of hydrogen-bond donors (Lipinski definition) is 3. The zero-order valence-electron chi connectivity index (χ0n) is 13.1. The van der Waals surface area contributed by atoms with Crippen LogP contribution in [-0.2, 0) is 16.1 Å². The molecule has 0 saturated carbocycles. The van der Waals surface area contributed by atoms with Crippen molar-refractivity contribution < 1.29 is 24.2 Å². The molecular formula is C17H20N2O5. The van der Waals surface area contributed by atoms with E-state index in [9.17, 15) is 14.7 Å². The second kappa shape index (κ2) is 8.85. The van der Waals surface area contributed by atoms with Gasteiger partial charge in [0.05, 0.1) is 12.8 Å². The second-order valence-electron chi connectivity index (χ2n) is 5.36. The van der Waals surface area contributed by atoms with Crippen molar-refractivity contribution in [1.82, 2.24) is 10.2 Å². The number of rotatable bonds is 9. The van der Waals surface area contributed by atoms with Crippen molar-refractivity contribution in [2.45, 2.75) is 12.6 Å². The number of benzene rings is 1. The molecule has 1 atom stereocenters. The maximum absolute atomic E-state index is 11.9. The van der Waals surface area contributed by atoms with Crippen LogP contribution in [0.15, 0.2) is 53.1 Å². The predicted molar refractivity (Wildman–Crippen MR) is 86.0 cm³/mol. The summed E-state index contributed by atoms with van der Waals surface area (Å²) in [5.41, 5.74) is 0.982. The Morgan fingerprint density at radius 3 is 2.54 bits per heavy atom. The molecule has 1 aromatic carbocycles. The fraction of sp³-hybridized carbons (Fsp3) is 0.294. The molecule has 2 rings (SSSR count). The number of amides is 1. The van der Waals surface area contributed by atoms with E-state index in [0.29, 0.717) is 12.3 Å². The zero-order valence-corrected chi connectivity index (χ0v) is 13.1. The molecule has 0 saturated heterocycles. The minimum Gasteiger partial charge on any atom is -0.480 e. The quantitative estimate of drug-likeness (QED) is 0.633. The van der Waals surface area contributed by atoms with Gasteiger partial charge in [-0.3, -0.25) is 14.5 Å².